The lowest BCUT2D eigenvalue weighted by Crippen LogP contribution is -2.42. The molecule has 46 heavy (non-hydrogen) atoms. The number of ether oxygens (including phenoxy) is 1. The molecule has 0 fully saturated rings. The highest BCUT2D eigenvalue weighted by Gasteiger charge is 2.24. The van der Waals surface area contributed by atoms with Crippen LogP contribution in [0.2, 0.25) is 0 Å². The highest BCUT2D eigenvalue weighted by molar-refractivity contribution is 7.18. The Balaban J connectivity index is 1.23. The van der Waals surface area contributed by atoms with E-state index in [4.69, 9.17) is 9.15 Å². The summed E-state index contributed by atoms with van der Waals surface area (Å²) in [6, 6.07) is 22.4. The number of furan rings is 1. The summed E-state index contributed by atoms with van der Waals surface area (Å²) < 4.78 is 39.3. The van der Waals surface area contributed by atoms with Gasteiger partial charge in [-0.15, -0.1) is 11.3 Å². The summed E-state index contributed by atoms with van der Waals surface area (Å²) in [5, 5.41) is 14.9. The normalized spacial score (nSPS) is 11.9. The van der Waals surface area contributed by atoms with Crippen LogP contribution in [-0.2, 0) is 16.0 Å². The number of hydrogen-bond acceptors (Lipinski definition) is 6. The number of halogens is 2. The van der Waals surface area contributed by atoms with Gasteiger partial charge in [0, 0.05) is 33.0 Å². The molecule has 0 aliphatic rings. The van der Waals surface area contributed by atoms with E-state index in [-0.39, 0.29) is 12.2 Å². The van der Waals surface area contributed by atoms with Gasteiger partial charge >= 0.3 is 12.1 Å². The Kier molecular flexibility index (Phi) is 9.33. The van der Waals surface area contributed by atoms with Gasteiger partial charge in [-0.25, -0.2) is 18.4 Å². The van der Waals surface area contributed by atoms with Gasteiger partial charge in [-0.05, 0) is 98.6 Å². The predicted molar refractivity (Wildman–Crippen MR) is 172 cm³/mol. The second-order valence-electron chi connectivity index (χ2n) is 11.4. The second-order valence-corrected chi connectivity index (χ2v) is 12.5. The molecule has 8 nitrogen and oxygen atoms in total. The zero-order valence-electron chi connectivity index (χ0n) is 25.1. The molecule has 0 radical (unpaired) electrons. The van der Waals surface area contributed by atoms with Crippen molar-refractivity contribution in [3.63, 3.8) is 0 Å². The van der Waals surface area contributed by atoms with Crippen molar-refractivity contribution in [2.45, 2.75) is 38.8 Å². The molecule has 0 spiro atoms. The van der Waals surface area contributed by atoms with E-state index in [1.54, 1.807) is 51.1 Å². The predicted octanol–water partition coefficient (Wildman–Crippen LogP) is 8.39. The minimum absolute atomic E-state index is 0.116. The molecule has 236 valence electrons. The van der Waals surface area contributed by atoms with Crippen LogP contribution in [0.3, 0.4) is 0 Å². The lowest BCUT2D eigenvalue weighted by atomic mass is 10.0. The largest absolute Gasteiger partial charge is 0.480 e. The Morgan fingerprint density at radius 3 is 2.20 bits per heavy atom. The molecule has 0 aliphatic carbocycles. The monoisotopic (exact) mass is 644 g/mol. The number of carboxylic acids is 1. The lowest BCUT2D eigenvalue weighted by molar-refractivity contribution is -0.139. The Morgan fingerprint density at radius 2 is 1.54 bits per heavy atom. The first-order valence-electron chi connectivity index (χ1n) is 14.2. The maximum Gasteiger partial charge on any atom is 0.412 e. The molecule has 11 heteroatoms. The van der Waals surface area contributed by atoms with Crippen LogP contribution in [0.5, 0.6) is 0 Å². The lowest BCUT2D eigenvalue weighted by Gasteiger charge is -2.19. The molecule has 5 aromatic rings. The molecule has 1 atom stereocenters. The molecule has 0 aliphatic heterocycles. The van der Waals surface area contributed by atoms with Crippen LogP contribution in [0, 0.1) is 11.6 Å². The highest BCUT2D eigenvalue weighted by atomic mass is 32.1. The van der Waals surface area contributed by atoms with Gasteiger partial charge in [0.25, 0.3) is 5.91 Å². The van der Waals surface area contributed by atoms with E-state index < -0.39 is 41.2 Å². The third kappa shape index (κ3) is 8.05. The Morgan fingerprint density at radius 1 is 0.870 bits per heavy atom. The number of rotatable bonds is 9. The molecule has 0 bridgehead atoms. The van der Waals surface area contributed by atoms with E-state index >= 15 is 4.39 Å². The fourth-order valence-electron chi connectivity index (χ4n) is 4.56. The molecule has 3 N–H and O–H groups in total. The number of aliphatic carboxylic acids is 1. The zero-order chi connectivity index (χ0) is 33.0. The summed E-state index contributed by atoms with van der Waals surface area (Å²) in [5.74, 6) is -2.79. The summed E-state index contributed by atoms with van der Waals surface area (Å²) in [6.07, 6.45) is -0.715. The summed E-state index contributed by atoms with van der Waals surface area (Å²) in [7, 11) is 0. The van der Waals surface area contributed by atoms with E-state index in [1.165, 1.54) is 53.8 Å². The summed E-state index contributed by atoms with van der Waals surface area (Å²) in [5.41, 5.74) is 2.12. The molecule has 1 unspecified atom stereocenters. The first-order valence-corrected chi connectivity index (χ1v) is 15.0. The van der Waals surface area contributed by atoms with E-state index in [9.17, 15) is 23.9 Å². The van der Waals surface area contributed by atoms with Crippen molar-refractivity contribution < 1.29 is 37.4 Å². The zero-order valence-corrected chi connectivity index (χ0v) is 25.9. The fraction of sp³-hybridized carbons (Fsp3) is 0.171. The van der Waals surface area contributed by atoms with E-state index in [0.717, 1.165) is 10.4 Å². The number of carbonyl (C=O) groups excluding carboxylic acids is 2. The van der Waals surface area contributed by atoms with Crippen LogP contribution in [-0.4, -0.2) is 34.7 Å². The Hall–Kier alpha value is -5.29. The molecular formula is C35H30F2N2O6S. The Bertz CT molecular complexity index is 1870. The standard InChI is InChI=1S/C35H30F2N2O6S/c1-35(2,3)45-34(43)38-24-11-7-22(8-12-24)30-16-17-31(46-30)25-13-4-20(18-26(25)37)19-27(33(41)42)39-32(40)29-15-14-28(44-29)21-5-9-23(36)10-6-21/h4-18,27H,19H2,1-3H3,(H,38,43)(H,39,40)(H,41,42). The Labute approximate surface area is 267 Å². The van der Waals surface area contributed by atoms with Gasteiger partial charge in [0.2, 0.25) is 0 Å². The maximum absolute atomic E-state index is 15.3. The first-order chi connectivity index (χ1) is 21.8. The second kappa shape index (κ2) is 13.4. The van der Waals surface area contributed by atoms with Crippen molar-refractivity contribution in [3.05, 3.63) is 114 Å². The van der Waals surface area contributed by atoms with Crippen molar-refractivity contribution in [2.75, 3.05) is 5.32 Å². The summed E-state index contributed by atoms with van der Waals surface area (Å²) in [4.78, 5) is 38.3. The number of hydrogen-bond donors (Lipinski definition) is 3. The average molecular weight is 645 g/mol. The van der Waals surface area contributed by atoms with E-state index in [2.05, 4.69) is 10.6 Å². The van der Waals surface area contributed by atoms with Gasteiger partial charge in [-0.2, -0.15) is 0 Å². The number of nitrogens with one attached hydrogen (secondary N) is 2. The SMILES string of the molecule is CC(C)(C)OC(=O)Nc1ccc(-c2ccc(-c3ccc(CC(NC(=O)c4ccc(-c5ccc(F)cc5)o4)C(=O)O)cc3F)s2)cc1. The number of thiophene rings is 1. The molecule has 5 rings (SSSR count). The van der Waals surface area contributed by atoms with Crippen molar-refractivity contribution in [2.24, 2.45) is 0 Å². The molecular weight excluding hydrogens is 614 g/mol. The summed E-state index contributed by atoms with van der Waals surface area (Å²) >= 11 is 1.38. The number of amides is 2. The third-order valence-corrected chi connectivity index (χ3v) is 7.89. The van der Waals surface area contributed by atoms with Crippen LogP contribution < -0.4 is 10.6 Å². The number of carboxylic acid groups (broad SMARTS) is 1. The van der Waals surface area contributed by atoms with Crippen molar-refractivity contribution in [1.29, 1.82) is 0 Å². The van der Waals surface area contributed by atoms with Crippen molar-refractivity contribution >= 4 is 35.0 Å². The van der Waals surface area contributed by atoms with Crippen LogP contribution in [0.4, 0.5) is 19.3 Å². The molecule has 2 heterocycles. The number of carbonyl (C=O) groups is 3. The first kappa shape index (κ1) is 32.1. The number of benzene rings is 3. The number of anilines is 1. The van der Waals surface area contributed by atoms with Crippen LogP contribution in [0.1, 0.15) is 36.9 Å². The maximum atomic E-state index is 15.3. The van der Waals surface area contributed by atoms with Gasteiger partial charge < -0.3 is 19.6 Å². The minimum atomic E-state index is -1.35. The van der Waals surface area contributed by atoms with Crippen molar-refractivity contribution in [3.8, 4) is 32.2 Å². The molecule has 0 saturated heterocycles. The smallest absolute Gasteiger partial charge is 0.412 e. The highest BCUT2D eigenvalue weighted by Crippen LogP contribution is 2.36. The van der Waals surface area contributed by atoms with E-state index in [0.29, 0.717) is 33.0 Å². The quantitative estimate of drug-likeness (QED) is 0.148. The van der Waals surface area contributed by atoms with Crippen molar-refractivity contribution in [1.82, 2.24) is 5.32 Å². The van der Waals surface area contributed by atoms with Gasteiger partial charge in [-0.3, -0.25) is 10.1 Å². The summed E-state index contributed by atoms with van der Waals surface area (Å²) in [6.45, 7) is 5.35. The third-order valence-electron chi connectivity index (χ3n) is 6.72. The van der Waals surface area contributed by atoms with Gasteiger partial charge in [0.15, 0.2) is 5.76 Å². The van der Waals surface area contributed by atoms with Gasteiger partial charge in [0.05, 0.1) is 0 Å². The fourth-order valence-corrected chi connectivity index (χ4v) is 5.60. The molecule has 3 aromatic carbocycles. The van der Waals surface area contributed by atoms with Crippen LogP contribution in [0.25, 0.3) is 32.2 Å². The molecule has 2 amide bonds. The topological polar surface area (TPSA) is 118 Å². The molecule has 2 aromatic heterocycles. The van der Waals surface area contributed by atoms with E-state index in [1.807, 2.05) is 18.2 Å². The average Bonchev–Trinajstić information content (AvgIpc) is 3.68. The van der Waals surface area contributed by atoms with Gasteiger partial charge in [-0.1, -0.05) is 24.3 Å². The molecule has 0 saturated carbocycles. The van der Waals surface area contributed by atoms with Gasteiger partial charge in [0.1, 0.15) is 29.0 Å². The van der Waals surface area contributed by atoms with Crippen LogP contribution >= 0.6 is 11.3 Å². The van der Waals surface area contributed by atoms with Crippen LogP contribution in [0.15, 0.2) is 95.4 Å². The minimum Gasteiger partial charge on any atom is -0.480 e.